The third kappa shape index (κ3) is 4.16. The molecule has 0 spiro atoms. The minimum atomic E-state index is -0.449. The van der Waals surface area contributed by atoms with E-state index in [1.165, 1.54) is 18.2 Å². The molecule has 1 unspecified atom stereocenters. The van der Waals surface area contributed by atoms with E-state index in [1.54, 1.807) is 39.2 Å². The highest BCUT2D eigenvalue weighted by Crippen LogP contribution is 2.23. The number of carbonyl (C=O) groups excluding carboxylic acids is 3. The maximum Gasteiger partial charge on any atom is 0.254 e. The number of likely N-dealkylation sites (tertiary alicyclic amines) is 1. The zero-order valence-corrected chi connectivity index (χ0v) is 15.9. The largest absolute Gasteiger partial charge is 0.467 e. The molecule has 4 rings (SSSR count). The Morgan fingerprint density at radius 2 is 1.83 bits per heavy atom. The van der Waals surface area contributed by atoms with Crippen LogP contribution in [0.4, 0.5) is 4.39 Å². The Balaban J connectivity index is 1.31. The van der Waals surface area contributed by atoms with Crippen LogP contribution in [0.5, 0.6) is 0 Å². The fourth-order valence-corrected chi connectivity index (χ4v) is 3.87. The van der Waals surface area contributed by atoms with E-state index in [9.17, 15) is 18.8 Å². The van der Waals surface area contributed by atoms with Crippen LogP contribution in [-0.2, 0) is 16.1 Å². The summed E-state index contributed by atoms with van der Waals surface area (Å²) in [6, 6.07) is 9.18. The van der Waals surface area contributed by atoms with E-state index in [1.807, 2.05) is 0 Å². The average Bonchev–Trinajstić information content (AvgIpc) is 3.37. The van der Waals surface area contributed by atoms with Gasteiger partial charge in [-0.15, -0.1) is 0 Å². The molecule has 3 amide bonds. The van der Waals surface area contributed by atoms with Gasteiger partial charge in [0, 0.05) is 44.7 Å². The van der Waals surface area contributed by atoms with Gasteiger partial charge in [-0.3, -0.25) is 14.4 Å². The Labute approximate surface area is 167 Å². The highest BCUT2D eigenvalue weighted by Gasteiger charge is 2.37. The molecule has 1 aromatic heterocycles. The summed E-state index contributed by atoms with van der Waals surface area (Å²) in [5.74, 6) is -0.483. The molecule has 2 aliphatic rings. The Morgan fingerprint density at radius 3 is 2.52 bits per heavy atom. The number of halogens is 1. The van der Waals surface area contributed by atoms with Crippen LogP contribution < -0.4 is 0 Å². The van der Waals surface area contributed by atoms with Crippen molar-refractivity contribution in [1.29, 1.82) is 0 Å². The Kier molecular flexibility index (Phi) is 5.33. The van der Waals surface area contributed by atoms with Crippen LogP contribution in [0.1, 0.15) is 22.5 Å². The third-order valence-electron chi connectivity index (χ3n) is 5.44. The summed E-state index contributed by atoms with van der Waals surface area (Å²) in [4.78, 5) is 42.6. The minimum absolute atomic E-state index is 0.0559. The molecular weight excluding hydrogens is 377 g/mol. The summed E-state index contributed by atoms with van der Waals surface area (Å²) in [7, 11) is 0. The molecule has 0 N–H and O–H groups in total. The van der Waals surface area contributed by atoms with E-state index in [2.05, 4.69) is 0 Å². The quantitative estimate of drug-likeness (QED) is 0.785. The third-order valence-corrected chi connectivity index (χ3v) is 5.44. The molecule has 8 heteroatoms. The summed E-state index contributed by atoms with van der Waals surface area (Å²) >= 11 is 0. The molecule has 0 saturated carbocycles. The summed E-state index contributed by atoms with van der Waals surface area (Å²) < 4.78 is 18.6. The van der Waals surface area contributed by atoms with Gasteiger partial charge in [-0.1, -0.05) is 6.07 Å². The molecular formula is C21H22FN3O4. The molecule has 0 bridgehead atoms. The Hall–Kier alpha value is -3.16. The van der Waals surface area contributed by atoms with Crippen LogP contribution in [0.2, 0.25) is 0 Å². The monoisotopic (exact) mass is 399 g/mol. The molecule has 1 aromatic carbocycles. The molecule has 2 saturated heterocycles. The van der Waals surface area contributed by atoms with Gasteiger partial charge < -0.3 is 19.1 Å². The molecule has 3 heterocycles. The van der Waals surface area contributed by atoms with Crippen LogP contribution >= 0.6 is 0 Å². The number of hydrogen-bond acceptors (Lipinski definition) is 4. The van der Waals surface area contributed by atoms with Crippen molar-refractivity contribution < 1.29 is 23.2 Å². The Bertz CT molecular complexity index is 906. The predicted molar refractivity (Wildman–Crippen MR) is 101 cm³/mol. The maximum absolute atomic E-state index is 13.4. The summed E-state index contributed by atoms with van der Waals surface area (Å²) in [6.07, 6.45) is 1.76. The zero-order chi connectivity index (χ0) is 20.4. The smallest absolute Gasteiger partial charge is 0.254 e. The van der Waals surface area contributed by atoms with E-state index in [0.717, 1.165) is 0 Å². The topological polar surface area (TPSA) is 74.1 Å². The first-order valence-corrected chi connectivity index (χ1v) is 9.65. The minimum Gasteiger partial charge on any atom is -0.467 e. The second kappa shape index (κ2) is 8.06. The van der Waals surface area contributed by atoms with Crippen molar-refractivity contribution in [1.82, 2.24) is 14.7 Å². The molecule has 2 fully saturated rings. The van der Waals surface area contributed by atoms with E-state index >= 15 is 0 Å². The average molecular weight is 399 g/mol. The number of amides is 3. The number of nitrogens with zero attached hydrogens (tertiary/aromatic N) is 3. The zero-order valence-electron chi connectivity index (χ0n) is 15.9. The van der Waals surface area contributed by atoms with Gasteiger partial charge in [-0.25, -0.2) is 4.39 Å². The molecule has 1 atom stereocenters. The first kappa shape index (κ1) is 19.2. The van der Waals surface area contributed by atoms with Crippen LogP contribution in [-0.4, -0.2) is 65.1 Å². The van der Waals surface area contributed by atoms with Gasteiger partial charge in [0.1, 0.15) is 11.6 Å². The Morgan fingerprint density at radius 1 is 1.07 bits per heavy atom. The van der Waals surface area contributed by atoms with Crippen molar-refractivity contribution in [2.24, 2.45) is 5.92 Å². The van der Waals surface area contributed by atoms with Crippen molar-refractivity contribution in [3.63, 3.8) is 0 Å². The van der Waals surface area contributed by atoms with Crippen molar-refractivity contribution in [3.05, 3.63) is 59.8 Å². The van der Waals surface area contributed by atoms with Crippen molar-refractivity contribution in [2.75, 3.05) is 32.7 Å². The molecule has 29 heavy (non-hydrogen) atoms. The van der Waals surface area contributed by atoms with Gasteiger partial charge in [-0.2, -0.15) is 0 Å². The standard InChI is InChI=1S/C21H22FN3O4/c22-17-4-1-3-15(11-17)20(27)23-6-8-24(9-7-23)21(28)16-12-19(26)25(13-16)14-18-5-2-10-29-18/h1-5,10-11,16H,6-9,12-14H2. The van der Waals surface area contributed by atoms with Crippen LogP contribution in [0, 0.1) is 11.7 Å². The van der Waals surface area contributed by atoms with Gasteiger partial charge in [0.05, 0.1) is 18.7 Å². The van der Waals surface area contributed by atoms with Crippen molar-refractivity contribution in [3.8, 4) is 0 Å². The maximum atomic E-state index is 13.4. The second-order valence-electron chi connectivity index (χ2n) is 7.38. The van der Waals surface area contributed by atoms with Gasteiger partial charge >= 0.3 is 0 Å². The molecule has 152 valence electrons. The number of carbonyl (C=O) groups is 3. The summed E-state index contributed by atoms with van der Waals surface area (Å²) in [5, 5.41) is 0. The lowest BCUT2D eigenvalue weighted by Gasteiger charge is -2.36. The van der Waals surface area contributed by atoms with Gasteiger partial charge in [0.25, 0.3) is 5.91 Å². The van der Waals surface area contributed by atoms with E-state index in [4.69, 9.17) is 4.42 Å². The first-order chi connectivity index (χ1) is 14.0. The van der Waals surface area contributed by atoms with E-state index in [0.29, 0.717) is 50.6 Å². The summed E-state index contributed by atoms with van der Waals surface area (Å²) in [5.41, 5.74) is 0.305. The normalized spacial score (nSPS) is 19.7. The number of furan rings is 1. The van der Waals surface area contributed by atoms with E-state index < -0.39 is 5.82 Å². The van der Waals surface area contributed by atoms with Crippen LogP contribution in [0.25, 0.3) is 0 Å². The molecule has 2 aliphatic heterocycles. The second-order valence-corrected chi connectivity index (χ2v) is 7.38. The SMILES string of the molecule is O=C1CC(C(=O)N2CCN(C(=O)c3cccc(F)c3)CC2)CN1Cc1ccco1. The van der Waals surface area contributed by atoms with Crippen molar-refractivity contribution in [2.45, 2.75) is 13.0 Å². The lowest BCUT2D eigenvalue weighted by molar-refractivity contribution is -0.137. The molecule has 0 radical (unpaired) electrons. The lowest BCUT2D eigenvalue weighted by atomic mass is 10.1. The van der Waals surface area contributed by atoms with Crippen LogP contribution in [0.15, 0.2) is 47.1 Å². The van der Waals surface area contributed by atoms with Gasteiger partial charge in [0.15, 0.2) is 0 Å². The number of piperazine rings is 1. The molecule has 0 aliphatic carbocycles. The first-order valence-electron chi connectivity index (χ1n) is 9.65. The number of hydrogen-bond donors (Lipinski definition) is 0. The fraction of sp³-hybridized carbons (Fsp3) is 0.381. The van der Waals surface area contributed by atoms with E-state index in [-0.39, 0.29) is 30.1 Å². The fourth-order valence-electron chi connectivity index (χ4n) is 3.87. The highest BCUT2D eigenvalue weighted by molar-refractivity contribution is 5.94. The summed E-state index contributed by atoms with van der Waals surface area (Å²) in [6.45, 7) is 2.33. The molecule has 2 aromatic rings. The number of rotatable bonds is 4. The van der Waals surface area contributed by atoms with Crippen LogP contribution in [0.3, 0.4) is 0 Å². The predicted octanol–water partition coefficient (Wildman–Crippen LogP) is 1.75. The highest BCUT2D eigenvalue weighted by atomic mass is 19.1. The number of benzene rings is 1. The lowest BCUT2D eigenvalue weighted by Crippen LogP contribution is -2.52. The van der Waals surface area contributed by atoms with Gasteiger partial charge in [-0.05, 0) is 30.3 Å². The molecule has 7 nitrogen and oxygen atoms in total. The van der Waals surface area contributed by atoms with Crippen molar-refractivity contribution >= 4 is 17.7 Å². The van der Waals surface area contributed by atoms with Gasteiger partial charge in [0.2, 0.25) is 11.8 Å².